The average molecular weight is 617 g/mol. The molecule has 13 heteroatoms. The van der Waals surface area contributed by atoms with Crippen molar-refractivity contribution in [3.63, 3.8) is 0 Å². The normalized spacial score (nSPS) is 18.4. The van der Waals surface area contributed by atoms with E-state index >= 15 is 0 Å². The highest BCUT2D eigenvalue weighted by Crippen LogP contribution is 2.39. The van der Waals surface area contributed by atoms with Crippen molar-refractivity contribution in [1.29, 1.82) is 10.5 Å². The molecule has 1 aliphatic rings. The maximum absolute atomic E-state index is 14.8. The summed E-state index contributed by atoms with van der Waals surface area (Å²) in [4.78, 5) is 16.6. The second-order valence-corrected chi connectivity index (χ2v) is 11.7. The summed E-state index contributed by atoms with van der Waals surface area (Å²) in [5.74, 6) is -2.00. The van der Waals surface area contributed by atoms with Crippen LogP contribution in [0.1, 0.15) is 45.8 Å². The number of nitrogens with zero attached hydrogens (tertiary/aromatic N) is 5. The Balaban J connectivity index is 1.20. The molecule has 44 heavy (non-hydrogen) atoms. The number of hydrogen-bond acceptors (Lipinski definition) is 9. The summed E-state index contributed by atoms with van der Waals surface area (Å²) in [5, 5.41) is 36.0. The number of aliphatic hydroxyl groups is 1. The number of carbonyl (C=O) groups excluding carboxylic acids is 1. The van der Waals surface area contributed by atoms with Crippen molar-refractivity contribution in [3.8, 4) is 12.1 Å². The van der Waals surface area contributed by atoms with E-state index in [-0.39, 0.29) is 41.7 Å². The lowest BCUT2D eigenvalue weighted by atomic mass is 9.90. The summed E-state index contributed by atoms with van der Waals surface area (Å²) < 4.78 is 41.8. The van der Waals surface area contributed by atoms with Gasteiger partial charge in [0.05, 0.1) is 36.1 Å². The molecule has 5 rings (SSSR count). The van der Waals surface area contributed by atoms with Gasteiger partial charge in [-0.15, -0.1) is 11.8 Å². The van der Waals surface area contributed by atoms with E-state index in [0.717, 1.165) is 12.1 Å². The first kappa shape index (κ1) is 30.8. The van der Waals surface area contributed by atoms with Gasteiger partial charge in [0.15, 0.2) is 6.29 Å². The second kappa shape index (κ2) is 13.3. The Kier molecular flexibility index (Phi) is 9.32. The molecule has 1 amide bonds. The number of anilines is 1. The van der Waals surface area contributed by atoms with E-state index in [0.29, 0.717) is 16.8 Å². The minimum atomic E-state index is -1.75. The van der Waals surface area contributed by atoms with Crippen LogP contribution in [0.25, 0.3) is 0 Å². The fourth-order valence-corrected chi connectivity index (χ4v) is 6.12. The topological polar surface area (TPSA) is 146 Å². The summed E-state index contributed by atoms with van der Waals surface area (Å²) in [6.07, 6.45) is 2.04. The molecule has 0 saturated carbocycles. The lowest BCUT2D eigenvalue weighted by Crippen LogP contribution is -2.43. The molecule has 1 fully saturated rings. The van der Waals surface area contributed by atoms with E-state index in [1.807, 2.05) is 12.1 Å². The first-order chi connectivity index (χ1) is 21.2. The Hall–Kier alpha value is -4.66. The van der Waals surface area contributed by atoms with Gasteiger partial charge in [-0.2, -0.15) is 15.6 Å². The summed E-state index contributed by atoms with van der Waals surface area (Å²) in [7, 11) is 0. The van der Waals surface area contributed by atoms with Crippen molar-refractivity contribution in [1.82, 2.24) is 14.8 Å². The van der Waals surface area contributed by atoms with E-state index < -0.39 is 34.7 Å². The van der Waals surface area contributed by atoms with Gasteiger partial charge in [-0.1, -0.05) is 25.1 Å². The molecule has 10 nitrogen and oxygen atoms in total. The molecule has 0 bridgehead atoms. The molecule has 2 atom stereocenters. The fourth-order valence-electron chi connectivity index (χ4n) is 4.80. The number of hydrogen-bond donors (Lipinski definition) is 2. The van der Waals surface area contributed by atoms with Crippen LogP contribution in [0.5, 0.6) is 0 Å². The third kappa shape index (κ3) is 6.77. The Labute approximate surface area is 255 Å². The fraction of sp³-hybridized carbons (Fsp3) is 0.258. The van der Waals surface area contributed by atoms with E-state index in [1.54, 1.807) is 37.3 Å². The monoisotopic (exact) mass is 616 g/mol. The van der Waals surface area contributed by atoms with Crippen molar-refractivity contribution in [2.24, 2.45) is 0 Å². The van der Waals surface area contributed by atoms with Gasteiger partial charge in [-0.05, 0) is 36.4 Å². The number of nitriles is 2. The zero-order valence-corrected chi connectivity index (χ0v) is 24.2. The average Bonchev–Trinajstić information content (AvgIpc) is 3.54. The SMILES string of the molecule is C[C@@H](S[C@H]1CO[C@H](c2ccc(C(=O)Nc3ccc(C#N)c(C#N)c3)cc2)OC1)[C@](O)(Cn1cncn1)c1ccc(F)cc1F. The summed E-state index contributed by atoms with van der Waals surface area (Å²) >= 11 is 1.35. The highest BCUT2D eigenvalue weighted by molar-refractivity contribution is 8.00. The maximum Gasteiger partial charge on any atom is 0.255 e. The molecule has 0 aliphatic carbocycles. The van der Waals surface area contributed by atoms with Crippen LogP contribution in [0, 0.1) is 34.3 Å². The van der Waals surface area contributed by atoms with Gasteiger partial charge in [-0.3, -0.25) is 4.79 Å². The van der Waals surface area contributed by atoms with E-state index in [1.165, 1.54) is 47.3 Å². The van der Waals surface area contributed by atoms with Crippen LogP contribution in [0.4, 0.5) is 14.5 Å². The standard InChI is InChI=1S/C31H26F2N6O4S/c1-19(31(41,16-39-18-36-17-37-39)27-9-7-24(32)11-28(27)33)44-26-14-42-30(43-15-26)21-4-2-20(3-5-21)29(40)38-25-8-6-22(12-34)23(10-25)13-35/h2-11,17-19,26,30,41H,14-16H2,1H3,(H,38,40)/t19-,26-,30-,31-/m1/s1. The molecule has 224 valence electrons. The van der Waals surface area contributed by atoms with Crippen molar-refractivity contribution >= 4 is 23.4 Å². The summed E-state index contributed by atoms with van der Waals surface area (Å²) in [5.41, 5.74) is 0.0356. The predicted octanol–water partition coefficient (Wildman–Crippen LogP) is 4.68. The quantitative estimate of drug-likeness (QED) is 0.274. The number of amides is 1. The molecule has 2 N–H and O–H groups in total. The molecule has 0 radical (unpaired) electrons. The van der Waals surface area contributed by atoms with Crippen molar-refractivity contribution in [3.05, 3.63) is 113 Å². The number of ether oxygens (including phenoxy) is 2. The first-order valence-corrected chi connectivity index (χ1v) is 14.4. The van der Waals surface area contributed by atoms with Gasteiger partial charge < -0.3 is 19.9 Å². The minimum Gasteiger partial charge on any atom is -0.382 e. The van der Waals surface area contributed by atoms with Crippen LogP contribution in [0.2, 0.25) is 0 Å². The number of thioether (sulfide) groups is 1. The molecule has 1 saturated heterocycles. The van der Waals surface area contributed by atoms with Crippen LogP contribution in [0.3, 0.4) is 0 Å². The maximum atomic E-state index is 14.8. The lowest BCUT2D eigenvalue weighted by Gasteiger charge is -2.37. The van der Waals surface area contributed by atoms with Crippen molar-refractivity contribution in [2.45, 2.75) is 35.9 Å². The molecule has 1 aromatic heterocycles. The van der Waals surface area contributed by atoms with E-state index in [4.69, 9.17) is 14.7 Å². The third-order valence-corrected chi connectivity index (χ3v) is 8.62. The van der Waals surface area contributed by atoms with Crippen molar-refractivity contribution < 1.29 is 28.2 Å². The molecular weight excluding hydrogens is 590 g/mol. The number of rotatable bonds is 9. The molecule has 3 aromatic carbocycles. The molecule has 0 spiro atoms. The Morgan fingerprint density at radius 1 is 1.11 bits per heavy atom. The van der Waals surface area contributed by atoms with Gasteiger partial charge in [-0.25, -0.2) is 18.4 Å². The smallest absolute Gasteiger partial charge is 0.255 e. The van der Waals surface area contributed by atoms with Gasteiger partial charge in [0.25, 0.3) is 5.91 Å². The van der Waals surface area contributed by atoms with Gasteiger partial charge in [0.1, 0.15) is 42.0 Å². The molecule has 2 heterocycles. The Morgan fingerprint density at radius 2 is 1.84 bits per heavy atom. The summed E-state index contributed by atoms with van der Waals surface area (Å²) in [6.45, 7) is 2.19. The lowest BCUT2D eigenvalue weighted by molar-refractivity contribution is -0.180. The molecular formula is C31H26F2N6O4S. The zero-order valence-electron chi connectivity index (χ0n) is 23.4. The second-order valence-electron chi connectivity index (χ2n) is 10.1. The Bertz CT molecular complexity index is 1720. The third-order valence-electron chi connectivity index (χ3n) is 7.17. The number of benzene rings is 3. The van der Waals surface area contributed by atoms with E-state index in [2.05, 4.69) is 15.4 Å². The molecule has 0 unspecified atom stereocenters. The van der Waals surface area contributed by atoms with Crippen molar-refractivity contribution in [2.75, 3.05) is 18.5 Å². The summed E-state index contributed by atoms with van der Waals surface area (Å²) in [6, 6.07) is 18.1. The van der Waals surface area contributed by atoms with Crippen LogP contribution < -0.4 is 5.32 Å². The number of carbonyl (C=O) groups is 1. The van der Waals surface area contributed by atoms with E-state index in [9.17, 15) is 23.9 Å². The zero-order chi connectivity index (χ0) is 31.3. The highest BCUT2D eigenvalue weighted by atomic mass is 32.2. The predicted molar refractivity (Wildman–Crippen MR) is 156 cm³/mol. The number of nitrogens with one attached hydrogen (secondary N) is 1. The van der Waals surface area contributed by atoms with Gasteiger partial charge >= 0.3 is 0 Å². The van der Waals surface area contributed by atoms with Crippen LogP contribution >= 0.6 is 11.8 Å². The highest BCUT2D eigenvalue weighted by Gasteiger charge is 2.41. The van der Waals surface area contributed by atoms with Gasteiger partial charge in [0.2, 0.25) is 0 Å². The Morgan fingerprint density at radius 3 is 2.48 bits per heavy atom. The molecule has 4 aromatic rings. The van der Waals surface area contributed by atoms with Gasteiger partial charge in [0, 0.05) is 33.7 Å². The largest absolute Gasteiger partial charge is 0.382 e. The molecule has 1 aliphatic heterocycles. The number of halogens is 2. The minimum absolute atomic E-state index is 0.0567. The van der Waals surface area contributed by atoms with Crippen LogP contribution in [-0.2, 0) is 21.6 Å². The number of aromatic nitrogens is 3. The van der Waals surface area contributed by atoms with Crippen LogP contribution in [-0.4, -0.2) is 49.5 Å². The first-order valence-electron chi connectivity index (χ1n) is 13.4. The van der Waals surface area contributed by atoms with Crippen LogP contribution in [0.15, 0.2) is 73.3 Å².